The minimum Gasteiger partial charge on any atom is -0.456 e. The van der Waals surface area contributed by atoms with E-state index in [1.165, 1.54) is 5.56 Å². The van der Waals surface area contributed by atoms with Gasteiger partial charge >= 0.3 is 11.9 Å². The number of nitrogens with two attached hydrogens (primary N) is 1. The molecule has 114 valence electrons. The van der Waals surface area contributed by atoms with Crippen LogP contribution >= 0.6 is 0 Å². The predicted octanol–water partition coefficient (Wildman–Crippen LogP) is 1.89. The van der Waals surface area contributed by atoms with Crippen LogP contribution in [0.3, 0.4) is 0 Å². The number of hydrogen-bond donors (Lipinski definition) is 1. The number of esters is 1. The molecule has 3 rings (SSSR count). The Balaban J connectivity index is 1.74. The second-order valence-corrected chi connectivity index (χ2v) is 5.67. The first-order valence-electron chi connectivity index (χ1n) is 7.14. The molecule has 21 heavy (non-hydrogen) atoms. The first-order valence-corrected chi connectivity index (χ1v) is 7.14. The topological polar surface area (TPSA) is 55.6 Å². The largest absolute Gasteiger partial charge is 0.456 e. The zero-order chi connectivity index (χ0) is 15.0. The van der Waals surface area contributed by atoms with Crippen molar-refractivity contribution in [2.24, 2.45) is 5.73 Å². The molecule has 0 aromatic heterocycles. The number of hydrogen-bond acceptors (Lipinski definition) is 4. The van der Waals surface area contributed by atoms with E-state index in [1.807, 2.05) is 29.2 Å². The van der Waals surface area contributed by atoms with Crippen LogP contribution in [-0.2, 0) is 9.53 Å². The highest BCUT2D eigenvalue weighted by molar-refractivity contribution is 5.79. The standard InChI is InChI=1S/C15H18F2N2O2/c16-15(17)7-11(21-14(15)20)9-19-8-10(5-6-18)12-3-1-2-4-13(12)19/h1-4,10-11H,5-9,18H2. The van der Waals surface area contributed by atoms with Gasteiger partial charge in [0, 0.05) is 18.2 Å². The van der Waals surface area contributed by atoms with Crippen molar-refractivity contribution in [3.8, 4) is 0 Å². The van der Waals surface area contributed by atoms with E-state index in [9.17, 15) is 13.6 Å². The van der Waals surface area contributed by atoms with E-state index in [0.717, 1.165) is 18.7 Å². The predicted molar refractivity (Wildman–Crippen MR) is 74.5 cm³/mol. The summed E-state index contributed by atoms with van der Waals surface area (Å²) in [4.78, 5) is 13.1. The van der Waals surface area contributed by atoms with Crippen LogP contribution in [0.5, 0.6) is 0 Å². The second kappa shape index (κ2) is 5.26. The summed E-state index contributed by atoms with van der Waals surface area (Å²) in [7, 11) is 0. The molecule has 0 radical (unpaired) electrons. The van der Waals surface area contributed by atoms with Crippen molar-refractivity contribution in [3.05, 3.63) is 29.8 Å². The van der Waals surface area contributed by atoms with Crippen molar-refractivity contribution >= 4 is 11.7 Å². The average Bonchev–Trinajstić information content (AvgIpc) is 2.90. The fourth-order valence-electron chi connectivity index (χ4n) is 3.20. The van der Waals surface area contributed by atoms with Gasteiger partial charge in [0.25, 0.3) is 0 Å². The molecule has 1 aromatic rings. The van der Waals surface area contributed by atoms with Gasteiger partial charge in [0.2, 0.25) is 0 Å². The van der Waals surface area contributed by atoms with Crippen LogP contribution in [0.2, 0.25) is 0 Å². The minimum absolute atomic E-state index is 0.305. The van der Waals surface area contributed by atoms with Crippen LogP contribution in [0.15, 0.2) is 24.3 Å². The Kier molecular flexibility index (Phi) is 3.57. The normalized spacial score (nSPS) is 26.8. The van der Waals surface area contributed by atoms with Crippen LogP contribution in [0.1, 0.15) is 24.3 Å². The summed E-state index contributed by atoms with van der Waals surface area (Å²) < 4.78 is 31.3. The van der Waals surface area contributed by atoms with Gasteiger partial charge in [-0.05, 0) is 24.6 Å². The number of alkyl halides is 2. The van der Waals surface area contributed by atoms with Crippen molar-refractivity contribution in [3.63, 3.8) is 0 Å². The summed E-state index contributed by atoms with van der Waals surface area (Å²) >= 11 is 0. The Bertz CT molecular complexity index is 550. The van der Waals surface area contributed by atoms with Gasteiger partial charge in [0.1, 0.15) is 6.10 Å². The quantitative estimate of drug-likeness (QED) is 0.862. The highest BCUT2D eigenvalue weighted by atomic mass is 19.3. The lowest BCUT2D eigenvalue weighted by Gasteiger charge is -2.22. The van der Waals surface area contributed by atoms with Crippen molar-refractivity contribution in [1.29, 1.82) is 0 Å². The smallest absolute Gasteiger partial charge is 0.377 e. The SMILES string of the molecule is NCCC1CN(CC2CC(F)(F)C(=O)O2)c2ccccc21. The van der Waals surface area contributed by atoms with Crippen LogP contribution < -0.4 is 10.6 Å². The number of carbonyl (C=O) groups excluding carboxylic acids is 1. The summed E-state index contributed by atoms with van der Waals surface area (Å²) in [6.45, 7) is 1.62. The number of anilines is 1. The lowest BCUT2D eigenvalue weighted by Crippen LogP contribution is -2.32. The molecule has 6 heteroatoms. The van der Waals surface area contributed by atoms with Gasteiger partial charge in [0.05, 0.1) is 13.0 Å². The molecule has 2 heterocycles. The lowest BCUT2D eigenvalue weighted by atomic mass is 9.98. The van der Waals surface area contributed by atoms with E-state index in [0.29, 0.717) is 19.0 Å². The number of benzene rings is 1. The number of halogens is 2. The summed E-state index contributed by atoms with van der Waals surface area (Å²) in [6.07, 6.45) is -0.433. The summed E-state index contributed by atoms with van der Waals surface area (Å²) in [5.41, 5.74) is 7.86. The molecule has 2 unspecified atom stereocenters. The maximum absolute atomic E-state index is 13.2. The third-order valence-corrected chi connectivity index (χ3v) is 4.15. The highest BCUT2D eigenvalue weighted by Gasteiger charge is 2.51. The van der Waals surface area contributed by atoms with Gasteiger partial charge in [-0.25, -0.2) is 4.79 Å². The van der Waals surface area contributed by atoms with Gasteiger partial charge in [-0.15, -0.1) is 0 Å². The summed E-state index contributed by atoms with van der Waals surface area (Å²) in [6, 6.07) is 7.91. The molecule has 2 aliphatic rings. The summed E-state index contributed by atoms with van der Waals surface area (Å²) in [5.74, 6) is -4.44. The molecule has 2 atom stereocenters. The zero-order valence-corrected chi connectivity index (χ0v) is 11.6. The number of nitrogens with zero attached hydrogens (tertiary/aromatic N) is 1. The second-order valence-electron chi connectivity index (χ2n) is 5.67. The molecule has 1 fully saturated rings. The van der Waals surface area contributed by atoms with Crippen molar-refractivity contribution in [2.45, 2.75) is 30.8 Å². The minimum atomic E-state index is -3.35. The average molecular weight is 296 g/mol. The Morgan fingerprint density at radius 3 is 2.81 bits per heavy atom. The van der Waals surface area contributed by atoms with Crippen molar-refractivity contribution < 1.29 is 18.3 Å². The Labute approximate surface area is 121 Å². The number of ether oxygens (including phenoxy) is 1. The maximum atomic E-state index is 13.2. The summed E-state index contributed by atoms with van der Waals surface area (Å²) in [5, 5.41) is 0. The fraction of sp³-hybridized carbons (Fsp3) is 0.533. The van der Waals surface area contributed by atoms with Crippen LogP contribution in [0, 0.1) is 0 Å². The molecule has 0 aliphatic carbocycles. The van der Waals surface area contributed by atoms with Gasteiger partial charge < -0.3 is 15.4 Å². The monoisotopic (exact) mass is 296 g/mol. The van der Waals surface area contributed by atoms with E-state index >= 15 is 0 Å². The van der Waals surface area contributed by atoms with E-state index < -0.39 is 24.4 Å². The Morgan fingerprint density at radius 1 is 1.38 bits per heavy atom. The molecular weight excluding hydrogens is 278 g/mol. The molecule has 4 nitrogen and oxygen atoms in total. The van der Waals surface area contributed by atoms with E-state index in [2.05, 4.69) is 0 Å². The first kappa shape index (κ1) is 14.3. The van der Waals surface area contributed by atoms with Gasteiger partial charge in [0.15, 0.2) is 0 Å². The van der Waals surface area contributed by atoms with Gasteiger partial charge in [-0.2, -0.15) is 8.78 Å². The fourth-order valence-corrected chi connectivity index (χ4v) is 3.20. The number of rotatable bonds is 4. The number of carbonyl (C=O) groups is 1. The molecule has 0 spiro atoms. The molecule has 2 aliphatic heterocycles. The maximum Gasteiger partial charge on any atom is 0.377 e. The van der Waals surface area contributed by atoms with E-state index in [-0.39, 0.29) is 0 Å². The van der Waals surface area contributed by atoms with E-state index in [1.54, 1.807) is 0 Å². The molecular formula is C15H18F2N2O2. The first-order chi connectivity index (χ1) is 10.0. The number of cyclic esters (lactones) is 1. The van der Waals surface area contributed by atoms with Crippen LogP contribution in [0.4, 0.5) is 14.5 Å². The number of para-hydroxylation sites is 1. The van der Waals surface area contributed by atoms with Gasteiger partial charge in [-0.1, -0.05) is 18.2 Å². The molecule has 0 saturated carbocycles. The molecule has 0 bridgehead atoms. The Morgan fingerprint density at radius 2 is 2.14 bits per heavy atom. The molecule has 1 saturated heterocycles. The molecule has 0 amide bonds. The van der Waals surface area contributed by atoms with Crippen LogP contribution in [0.25, 0.3) is 0 Å². The van der Waals surface area contributed by atoms with Crippen LogP contribution in [-0.4, -0.2) is 37.6 Å². The third-order valence-electron chi connectivity index (χ3n) is 4.15. The highest BCUT2D eigenvalue weighted by Crippen LogP contribution is 2.39. The Hall–Kier alpha value is -1.69. The van der Waals surface area contributed by atoms with E-state index in [4.69, 9.17) is 10.5 Å². The molecule has 1 aromatic carbocycles. The van der Waals surface area contributed by atoms with Crippen molar-refractivity contribution in [2.75, 3.05) is 24.5 Å². The van der Waals surface area contributed by atoms with Crippen molar-refractivity contribution in [1.82, 2.24) is 0 Å². The zero-order valence-electron chi connectivity index (χ0n) is 11.6. The van der Waals surface area contributed by atoms with Gasteiger partial charge in [-0.3, -0.25) is 0 Å². The molecule has 2 N–H and O–H groups in total. The number of fused-ring (bicyclic) bond motifs is 1. The lowest BCUT2D eigenvalue weighted by molar-refractivity contribution is -0.158. The third kappa shape index (κ3) is 2.60.